The fraction of sp³-hybridized carbons (Fsp3) is 0.259. The Morgan fingerprint density at radius 3 is 2.54 bits per heavy atom. The van der Waals surface area contributed by atoms with Crippen molar-refractivity contribution in [2.75, 3.05) is 20.3 Å². The van der Waals surface area contributed by atoms with Gasteiger partial charge in [-0.2, -0.15) is 0 Å². The van der Waals surface area contributed by atoms with Gasteiger partial charge in [-0.1, -0.05) is 53.5 Å². The second-order valence-corrected chi connectivity index (χ2v) is 9.12. The lowest BCUT2D eigenvalue weighted by Gasteiger charge is -2.31. The highest BCUT2D eigenvalue weighted by molar-refractivity contribution is 6.31. The summed E-state index contributed by atoms with van der Waals surface area (Å²) >= 11 is 12.7. The van der Waals surface area contributed by atoms with Gasteiger partial charge in [0, 0.05) is 28.7 Å². The zero-order chi connectivity index (χ0) is 24.9. The van der Waals surface area contributed by atoms with E-state index in [-0.39, 0.29) is 25.5 Å². The molecular weight excluding hydrogens is 489 g/mol. The van der Waals surface area contributed by atoms with Crippen molar-refractivity contribution in [1.82, 2.24) is 4.90 Å². The molecular formula is C27H25Cl2NO5. The lowest BCUT2D eigenvalue weighted by Crippen LogP contribution is -2.38. The monoisotopic (exact) mass is 513 g/mol. The van der Waals surface area contributed by atoms with E-state index in [0.717, 1.165) is 27.8 Å². The van der Waals surface area contributed by atoms with Crippen LogP contribution in [-0.2, 0) is 40.3 Å². The number of hydrogen-bond donors (Lipinski definition) is 1. The van der Waals surface area contributed by atoms with Gasteiger partial charge in [0.2, 0.25) is 5.91 Å². The summed E-state index contributed by atoms with van der Waals surface area (Å²) in [5.74, 6) is -0.414. The van der Waals surface area contributed by atoms with Crippen LogP contribution in [0, 0.1) is 0 Å². The number of carbonyl (C=O) groups excluding carboxylic acids is 1. The number of methoxy groups -OCH3 is 1. The minimum atomic E-state index is -0.909. The predicted octanol–water partition coefficient (Wildman–Crippen LogP) is 5.40. The van der Waals surface area contributed by atoms with Gasteiger partial charge in [-0.15, -0.1) is 0 Å². The van der Waals surface area contributed by atoms with E-state index in [1.165, 1.54) is 0 Å². The number of benzene rings is 3. The Hall–Kier alpha value is -3.06. The van der Waals surface area contributed by atoms with Crippen LogP contribution in [0.3, 0.4) is 0 Å². The van der Waals surface area contributed by atoms with Crippen molar-refractivity contribution in [2.45, 2.75) is 26.0 Å². The van der Waals surface area contributed by atoms with Gasteiger partial charge in [-0.3, -0.25) is 9.59 Å². The molecule has 0 spiro atoms. The van der Waals surface area contributed by atoms with E-state index < -0.39 is 5.97 Å². The van der Waals surface area contributed by atoms with Crippen molar-refractivity contribution >= 4 is 35.1 Å². The lowest BCUT2D eigenvalue weighted by molar-refractivity contribution is -0.137. The third kappa shape index (κ3) is 5.78. The standard InChI is InChI=1S/C27H25Cl2NO5/c1-34-25-9-6-17(13-27(32)33)12-21(25)19-7-8-24(29)20-10-11-30(14-22(19)20)26(31)16-35-15-18-4-2-3-5-23(18)28/h2-9,12H,10-11,13-16H2,1H3,(H,32,33). The second kappa shape index (κ2) is 11.1. The summed E-state index contributed by atoms with van der Waals surface area (Å²) in [7, 11) is 1.57. The molecule has 0 aromatic heterocycles. The molecule has 1 N–H and O–H groups in total. The predicted molar refractivity (Wildman–Crippen MR) is 135 cm³/mol. The molecule has 0 unspecified atom stereocenters. The average molecular weight is 514 g/mol. The first-order chi connectivity index (χ1) is 16.9. The smallest absolute Gasteiger partial charge is 0.307 e. The minimum absolute atomic E-state index is 0.0616. The molecule has 3 aromatic rings. The van der Waals surface area contributed by atoms with Crippen molar-refractivity contribution in [2.24, 2.45) is 0 Å². The molecule has 1 aliphatic rings. The van der Waals surface area contributed by atoms with Crippen LogP contribution in [0.1, 0.15) is 22.3 Å². The van der Waals surface area contributed by atoms with Gasteiger partial charge in [-0.25, -0.2) is 0 Å². The Balaban J connectivity index is 1.57. The molecule has 4 rings (SSSR count). The molecule has 182 valence electrons. The highest BCUT2D eigenvalue weighted by atomic mass is 35.5. The van der Waals surface area contributed by atoms with Crippen LogP contribution in [0.4, 0.5) is 0 Å². The topological polar surface area (TPSA) is 76.1 Å². The second-order valence-electron chi connectivity index (χ2n) is 8.31. The number of halogens is 2. The van der Waals surface area contributed by atoms with Crippen LogP contribution in [-0.4, -0.2) is 42.1 Å². The Morgan fingerprint density at radius 1 is 1.00 bits per heavy atom. The van der Waals surface area contributed by atoms with Crippen LogP contribution >= 0.6 is 23.2 Å². The minimum Gasteiger partial charge on any atom is -0.496 e. The lowest BCUT2D eigenvalue weighted by atomic mass is 9.89. The van der Waals surface area contributed by atoms with Crippen LogP contribution in [0.5, 0.6) is 5.75 Å². The van der Waals surface area contributed by atoms with Crippen molar-refractivity contribution in [3.8, 4) is 16.9 Å². The van der Waals surface area contributed by atoms with Gasteiger partial charge in [0.25, 0.3) is 0 Å². The molecule has 1 amide bonds. The maximum atomic E-state index is 13.0. The summed E-state index contributed by atoms with van der Waals surface area (Å²) in [5, 5.41) is 10.5. The van der Waals surface area contributed by atoms with Gasteiger partial charge in [0.15, 0.2) is 0 Å². The molecule has 6 nitrogen and oxygen atoms in total. The molecule has 0 atom stereocenters. The van der Waals surface area contributed by atoms with E-state index in [9.17, 15) is 14.7 Å². The summed E-state index contributed by atoms with van der Waals surface area (Å²) in [6, 6.07) is 16.4. The number of nitrogens with zero attached hydrogens (tertiary/aromatic N) is 1. The molecule has 0 saturated carbocycles. The largest absolute Gasteiger partial charge is 0.496 e. The fourth-order valence-electron chi connectivity index (χ4n) is 4.30. The number of hydrogen-bond acceptors (Lipinski definition) is 4. The van der Waals surface area contributed by atoms with Gasteiger partial charge >= 0.3 is 5.97 Å². The molecule has 35 heavy (non-hydrogen) atoms. The molecule has 0 bridgehead atoms. The SMILES string of the molecule is COc1ccc(CC(=O)O)cc1-c1ccc(Cl)c2c1CN(C(=O)COCc1ccccc1Cl)CC2. The summed E-state index contributed by atoms with van der Waals surface area (Å²) in [4.78, 5) is 26.0. The number of ether oxygens (including phenoxy) is 2. The highest BCUT2D eigenvalue weighted by Gasteiger charge is 2.26. The van der Waals surface area contributed by atoms with E-state index in [4.69, 9.17) is 32.7 Å². The molecule has 0 radical (unpaired) electrons. The summed E-state index contributed by atoms with van der Waals surface area (Å²) < 4.78 is 11.2. The molecule has 0 aliphatic carbocycles. The van der Waals surface area contributed by atoms with E-state index >= 15 is 0 Å². The number of carboxylic acid groups (broad SMARTS) is 1. The van der Waals surface area contributed by atoms with Gasteiger partial charge in [0.05, 0.1) is 20.1 Å². The molecule has 0 fully saturated rings. The number of rotatable bonds is 8. The zero-order valence-corrected chi connectivity index (χ0v) is 20.7. The number of carbonyl (C=O) groups is 2. The number of carboxylic acids is 1. The third-order valence-electron chi connectivity index (χ3n) is 6.06. The van der Waals surface area contributed by atoms with E-state index in [2.05, 4.69) is 0 Å². The van der Waals surface area contributed by atoms with Crippen molar-refractivity contribution in [1.29, 1.82) is 0 Å². The summed E-state index contributed by atoms with van der Waals surface area (Å²) in [6.45, 7) is 1.08. The average Bonchev–Trinajstić information content (AvgIpc) is 2.85. The Kier molecular flexibility index (Phi) is 7.96. The molecule has 8 heteroatoms. The molecule has 1 aliphatic heterocycles. The Bertz CT molecular complexity index is 1260. The van der Waals surface area contributed by atoms with E-state index in [0.29, 0.717) is 40.9 Å². The molecule has 1 heterocycles. The van der Waals surface area contributed by atoms with Crippen molar-refractivity contribution in [3.05, 3.63) is 86.9 Å². The summed E-state index contributed by atoms with van der Waals surface area (Å²) in [6.07, 6.45) is 0.509. The normalized spacial score (nSPS) is 12.8. The highest BCUT2D eigenvalue weighted by Crippen LogP contribution is 2.39. The summed E-state index contributed by atoms with van der Waals surface area (Å²) in [5.41, 5.74) is 5.03. The maximum Gasteiger partial charge on any atom is 0.307 e. The number of amides is 1. The first kappa shape index (κ1) is 25.0. The van der Waals surface area contributed by atoms with Crippen LogP contribution in [0.15, 0.2) is 54.6 Å². The van der Waals surface area contributed by atoms with E-state index in [1.807, 2.05) is 36.4 Å². The van der Waals surface area contributed by atoms with Crippen LogP contribution in [0.2, 0.25) is 10.0 Å². The Labute approximate surface area is 214 Å². The Morgan fingerprint density at radius 2 is 1.80 bits per heavy atom. The first-order valence-electron chi connectivity index (χ1n) is 11.2. The third-order valence-corrected chi connectivity index (χ3v) is 6.78. The van der Waals surface area contributed by atoms with Crippen molar-refractivity contribution < 1.29 is 24.2 Å². The van der Waals surface area contributed by atoms with Crippen LogP contribution < -0.4 is 4.74 Å². The maximum absolute atomic E-state index is 13.0. The first-order valence-corrected chi connectivity index (χ1v) is 11.9. The number of fused-ring (bicyclic) bond motifs is 1. The number of aliphatic carboxylic acids is 1. The quantitative estimate of drug-likeness (QED) is 0.436. The zero-order valence-electron chi connectivity index (χ0n) is 19.2. The fourth-order valence-corrected chi connectivity index (χ4v) is 4.76. The molecule has 0 saturated heterocycles. The van der Waals surface area contributed by atoms with Gasteiger partial charge in [-0.05, 0) is 58.5 Å². The van der Waals surface area contributed by atoms with E-state index in [1.54, 1.807) is 30.2 Å². The van der Waals surface area contributed by atoms with Gasteiger partial charge in [0.1, 0.15) is 12.4 Å². The van der Waals surface area contributed by atoms with Crippen molar-refractivity contribution in [3.63, 3.8) is 0 Å². The van der Waals surface area contributed by atoms with Gasteiger partial charge < -0.3 is 19.5 Å². The van der Waals surface area contributed by atoms with Crippen LogP contribution in [0.25, 0.3) is 11.1 Å². The molecule has 3 aromatic carbocycles.